The Morgan fingerprint density at radius 2 is 1.94 bits per heavy atom. The molecule has 1 saturated heterocycles. The number of amides is 1. The highest BCUT2D eigenvalue weighted by Gasteiger charge is 2.25. The third-order valence-corrected chi connectivity index (χ3v) is 3.65. The van der Waals surface area contributed by atoms with E-state index in [4.69, 9.17) is 5.73 Å². The van der Waals surface area contributed by atoms with Crippen molar-refractivity contribution in [2.45, 2.75) is 18.9 Å². The maximum atomic E-state index is 12.1. The van der Waals surface area contributed by atoms with Crippen molar-refractivity contribution in [3.63, 3.8) is 0 Å². The van der Waals surface area contributed by atoms with Gasteiger partial charge in [0.15, 0.2) is 0 Å². The largest absolute Gasteiger partial charge is 0.341 e. The first-order chi connectivity index (χ1) is 7.70. The predicted molar refractivity (Wildman–Crippen MR) is 66.9 cm³/mol. The zero-order valence-electron chi connectivity index (χ0n) is 9.03. The first kappa shape index (κ1) is 11.6. The molecular formula is C12H15BrN2O. The molecule has 0 aromatic heterocycles. The van der Waals surface area contributed by atoms with Crippen molar-refractivity contribution in [1.29, 1.82) is 0 Å². The van der Waals surface area contributed by atoms with E-state index in [1.165, 1.54) is 0 Å². The monoisotopic (exact) mass is 282 g/mol. The number of hydrogen-bond donors (Lipinski definition) is 1. The van der Waals surface area contributed by atoms with Gasteiger partial charge in [-0.3, -0.25) is 4.79 Å². The van der Waals surface area contributed by atoms with Crippen molar-refractivity contribution < 1.29 is 4.79 Å². The molecule has 1 aromatic rings. The molecule has 1 aliphatic heterocycles. The summed E-state index contributed by atoms with van der Waals surface area (Å²) in [5, 5.41) is 0. The number of nitrogens with zero attached hydrogens (tertiary/aromatic N) is 1. The number of carbonyl (C=O) groups is 1. The highest BCUT2D eigenvalue weighted by atomic mass is 79.9. The van der Waals surface area contributed by atoms with E-state index in [2.05, 4.69) is 15.9 Å². The van der Waals surface area contributed by atoms with Gasteiger partial charge in [-0.25, -0.2) is 0 Å². The van der Waals surface area contributed by atoms with E-state index in [0.29, 0.717) is 0 Å². The van der Waals surface area contributed by atoms with Gasteiger partial charge in [0.05, 0.1) is 0 Å². The van der Waals surface area contributed by atoms with Crippen molar-refractivity contribution in [1.82, 2.24) is 4.90 Å². The molecule has 4 heteroatoms. The fourth-order valence-corrected chi connectivity index (χ4v) is 2.53. The molecule has 0 saturated carbocycles. The van der Waals surface area contributed by atoms with Crippen molar-refractivity contribution in [2.75, 3.05) is 13.1 Å². The van der Waals surface area contributed by atoms with E-state index < -0.39 is 6.04 Å². The molecule has 0 bridgehead atoms. The van der Waals surface area contributed by atoms with Crippen molar-refractivity contribution in [3.05, 3.63) is 34.3 Å². The summed E-state index contributed by atoms with van der Waals surface area (Å²) in [5.74, 6) is 0.0319. The molecule has 2 rings (SSSR count). The maximum Gasteiger partial charge on any atom is 0.244 e. The predicted octanol–water partition coefficient (Wildman–Crippen LogP) is 2.07. The second-order valence-electron chi connectivity index (χ2n) is 4.03. The Labute approximate surface area is 104 Å². The molecule has 1 atom stereocenters. The molecule has 0 spiro atoms. The fourth-order valence-electron chi connectivity index (χ4n) is 1.99. The number of hydrogen-bond acceptors (Lipinski definition) is 2. The quantitative estimate of drug-likeness (QED) is 0.903. The van der Waals surface area contributed by atoms with Crippen LogP contribution in [0.25, 0.3) is 0 Å². The van der Waals surface area contributed by atoms with Gasteiger partial charge < -0.3 is 10.6 Å². The van der Waals surface area contributed by atoms with E-state index in [0.717, 1.165) is 36.0 Å². The minimum atomic E-state index is -0.548. The van der Waals surface area contributed by atoms with Gasteiger partial charge in [-0.1, -0.05) is 34.1 Å². The fraction of sp³-hybridized carbons (Fsp3) is 0.417. The van der Waals surface area contributed by atoms with E-state index in [1.807, 2.05) is 29.2 Å². The third-order valence-electron chi connectivity index (χ3n) is 2.92. The van der Waals surface area contributed by atoms with E-state index in [9.17, 15) is 4.79 Å². The van der Waals surface area contributed by atoms with Gasteiger partial charge >= 0.3 is 0 Å². The summed E-state index contributed by atoms with van der Waals surface area (Å²) in [7, 11) is 0. The molecule has 1 amide bonds. The van der Waals surface area contributed by atoms with Gasteiger partial charge in [-0.15, -0.1) is 0 Å². The maximum absolute atomic E-state index is 12.1. The summed E-state index contributed by atoms with van der Waals surface area (Å²) in [5.41, 5.74) is 6.86. The summed E-state index contributed by atoms with van der Waals surface area (Å²) in [4.78, 5) is 13.9. The summed E-state index contributed by atoms with van der Waals surface area (Å²) >= 11 is 3.42. The van der Waals surface area contributed by atoms with Gasteiger partial charge in [0.25, 0.3) is 0 Å². The van der Waals surface area contributed by atoms with E-state index in [1.54, 1.807) is 0 Å². The second-order valence-corrected chi connectivity index (χ2v) is 4.89. The number of halogens is 1. The van der Waals surface area contributed by atoms with Gasteiger partial charge in [-0.2, -0.15) is 0 Å². The SMILES string of the molecule is NC(C(=O)N1CCCC1)c1ccccc1Br. The van der Waals surface area contributed by atoms with Crippen LogP contribution in [0.2, 0.25) is 0 Å². The van der Waals surface area contributed by atoms with Crippen LogP contribution in [-0.2, 0) is 4.79 Å². The Morgan fingerprint density at radius 3 is 2.56 bits per heavy atom. The third kappa shape index (κ3) is 2.28. The van der Waals surface area contributed by atoms with Crippen LogP contribution in [0.1, 0.15) is 24.4 Å². The standard InChI is InChI=1S/C12H15BrN2O/c13-10-6-2-1-5-9(10)11(14)12(16)15-7-3-4-8-15/h1-2,5-6,11H,3-4,7-8,14H2. The Balaban J connectivity index is 2.15. The van der Waals surface area contributed by atoms with Crippen LogP contribution in [-0.4, -0.2) is 23.9 Å². The molecule has 1 unspecified atom stereocenters. The highest BCUT2D eigenvalue weighted by molar-refractivity contribution is 9.10. The average molecular weight is 283 g/mol. The van der Waals surface area contributed by atoms with Gasteiger partial charge in [0, 0.05) is 17.6 Å². The van der Waals surface area contributed by atoms with Crippen LogP contribution in [0.4, 0.5) is 0 Å². The van der Waals surface area contributed by atoms with Gasteiger partial charge in [-0.05, 0) is 24.5 Å². The summed E-state index contributed by atoms with van der Waals surface area (Å²) in [6.45, 7) is 1.69. The van der Waals surface area contributed by atoms with Crippen LogP contribution in [0.5, 0.6) is 0 Å². The van der Waals surface area contributed by atoms with Gasteiger partial charge in [0.1, 0.15) is 6.04 Å². The van der Waals surface area contributed by atoms with Crippen LogP contribution >= 0.6 is 15.9 Å². The number of nitrogens with two attached hydrogens (primary N) is 1. The Bertz CT molecular complexity index is 388. The van der Waals surface area contributed by atoms with Crippen molar-refractivity contribution >= 4 is 21.8 Å². The lowest BCUT2D eigenvalue weighted by Gasteiger charge is -2.21. The number of likely N-dealkylation sites (tertiary alicyclic amines) is 1. The summed E-state index contributed by atoms with van der Waals surface area (Å²) in [6, 6.07) is 7.07. The molecule has 2 N–H and O–H groups in total. The highest BCUT2D eigenvalue weighted by Crippen LogP contribution is 2.24. The minimum Gasteiger partial charge on any atom is -0.341 e. The van der Waals surface area contributed by atoms with E-state index >= 15 is 0 Å². The first-order valence-corrected chi connectivity index (χ1v) is 6.28. The topological polar surface area (TPSA) is 46.3 Å². The molecule has 1 heterocycles. The van der Waals surface area contributed by atoms with E-state index in [-0.39, 0.29) is 5.91 Å². The number of rotatable bonds is 2. The number of benzene rings is 1. The zero-order valence-corrected chi connectivity index (χ0v) is 10.6. The normalized spacial score (nSPS) is 17.5. The summed E-state index contributed by atoms with van der Waals surface area (Å²) < 4.78 is 0.898. The Morgan fingerprint density at radius 1 is 1.31 bits per heavy atom. The first-order valence-electron chi connectivity index (χ1n) is 5.49. The molecule has 0 radical (unpaired) electrons. The Hall–Kier alpha value is -0.870. The molecule has 3 nitrogen and oxygen atoms in total. The van der Waals surface area contributed by atoms with Crippen LogP contribution < -0.4 is 5.73 Å². The molecule has 1 aromatic carbocycles. The molecule has 16 heavy (non-hydrogen) atoms. The molecule has 0 aliphatic carbocycles. The molecule has 1 fully saturated rings. The number of carbonyl (C=O) groups excluding carboxylic acids is 1. The summed E-state index contributed by atoms with van der Waals surface area (Å²) in [6.07, 6.45) is 2.18. The zero-order chi connectivity index (χ0) is 11.5. The van der Waals surface area contributed by atoms with Crippen molar-refractivity contribution in [3.8, 4) is 0 Å². The lowest BCUT2D eigenvalue weighted by Crippen LogP contribution is -2.36. The van der Waals surface area contributed by atoms with Crippen LogP contribution in [0.15, 0.2) is 28.7 Å². The van der Waals surface area contributed by atoms with Crippen LogP contribution in [0, 0.1) is 0 Å². The average Bonchev–Trinajstić information content (AvgIpc) is 2.81. The molecular weight excluding hydrogens is 268 g/mol. The van der Waals surface area contributed by atoms with Gasteiger partial charge in [0.2, 0.25) is 5.91 Å². The second kappa shape index (κ2) is 4.97. The van der Waals surface area contributed by atoms with Crippen LogP contribution in [0.3, 0.4) is 0 Å². The molecule has 1 aliphatic rings. The smallest absolute Gasteiger partial charge is 0.244 e. The Kier molecular flexibility index (Phi) is 3.61. The lowest BCUT2D eigenvalue weighted by atomic mass is 10.1. The minimum absolute atomic E-state index is 0.0319. The van der Waals surface area contributed by atoms with Crippen molar-refractivity contribution in [2.24, 2.45) is 5.73 Å². The molecule has 86 valence electrons. The lowest BCUT2D eigenvalue weighted by molar-refractivity contribution is -0.131.